The van der Waals surface area contributed by atoms with Crippen molar-refractivity contribution in [2.45, 2.75) is 19.4 Å². The minimum absolute atomic E-state index is 0.124. The number of esters is 1. The van der Waals surface area contributed by atoms with Gasteiger partial charge in [0.1, 0.15) is 6.04 Å². The summed E-state index contributed by atoms with van der Waals surface area (Å²) in [5.41, 5.74) is 1.04. The fourth-order valence-corrected chi connectivity index (χ4v) is 3.28. The van der Waals surface area contributed by atoms with E-state index in [9.17, 15) is 4.79 Å². The van der Waals surface area contributed by atoms with Crippen LogP contribution in [-0.4, -0.2) is 42.1 Å². The molecule has 1 unspecified atom stereocenters. The Labute approximate surface area is 119 Å². The number of rotatable bonds is 4. The molecule has 0 saturated carbocycles. The Balaban J connectivity index is 2.20. The maximum Gasteiger partial charge on any atom is 0.327 e. The van der Waals surface area contributed by atoms with Crippen molar-refractivity contribution < 1.29 is 9.53 Å². The van der Waals surface area contributed by atoms with Crippen LogP contribution in [0.25, 0.3) is 0 Å². The summed E-state index contributed by atoms with van der Waals surface area (Å²) in [7, 11) is 0. The predicted molar refractivity (Wildman–Crippen MR) is 79.3 cm³/mol. The highest BCUT2D eigenvalue weighted by Gasteiger charge is 2.29. The molecule has 1 aliphatic rings. The van der Waals surface area contributed by atoms with Gasteiger partial charge in [-0.25, -0.2) is 4.79 Å². The second kappa shape index (κ2) is 7.56. The molecule has 1 aromatic rings. The number of carbonyl (C=O) groups is 1. The largest absolute Gasteiger partial charge is 0.465 e. The van der Waals surface area contributed by atoms with Crippen LogP contribution in [0.4, 0.5) is 0 Å². The van der Waals surface area contributed by atoms with Crippen LogP contribution >= 0.6 is 11.8 Å². The first kappa shape index (κ1) is 14.4. The Bertz CT molecular complexity index is 388. The fraction of sp³-hybridized carbons (Fsp3) is 0.533. The van der Waals surface area contributed by atoms with Crippen molar-refractivity contribution in [3.05, 3.63) is 35.9 Å². The lowest BCUT2D eigenvalue weighted by Crippen LogP contribution is -2.36. The first-order chi connectivity index (χ1) is 9.33. The second-order valence-electron chi connectivity index (χ2n) is 4.57. The van der Waals surface area contributed by atoms with Gasteiger partial charge in [0.05, 0.1) is 6.61 Å². The van der Waals surface area contributed by atoms with Crippen LogP contribution in [0.2, 0.25) is 0 Å². The molecule has 4 heteroatoms. The van der Waals surface area contributed by atoms with E-state index in [4.69, 9.17) is 4.74 Å². The third kappa shape index (κ3) is 3.98. The van der Waals surface area contributed by atoms with Gasteiger partial charge in [-0.3, -0.25) is 4.90 Å². The smallest absolute Gasteiger partial charge is 0.327 e. The molecule has 0 bridgehead atoms. The number of nitrogens with zero attached hydrogens (tertiary/aromatic N) is 1. The molecule has 0 radical (unpaired) electrons. The number of hydrogen-bond acceptors (Lipinski definition) is 4. The molecule has 0 N–H and O–H groups in total. The zero-order valence-corrected chi connectivity index (χ0v) is 12.2. The molecule has 0 aromatic heterocycles. The number of benzene rings is 1. The van der Waals surface area contributed by atoms with Crippen LogP contribution in [0.3, 0.4) is 0 Å². The van der Waals surface area contributed by atoms with E-state index < -0.39 is 0 Å². The molecule has 0 amide bonds. The van der Waals surface area contributed by atoms with Crippen LogP contribution in [0.15, 0.2) is 30.3 Å². The Hall–Kier alpha value is -1.00. The first-order valence-corrected chi connectivity index (χ1v) is 8.01. The van der Waals surface area contributed by atoms with Crippen LogP contribution in [-0.2, 0) is 9.53 Å². The van der Waals surface area contributed by atoms with Gasteiger partial charge in [0.25, 0.3) is 0 Å². The molecule has 3 nitrogen and oxygen atoms in total. The molecule has 1 saturated heterocycles. The Morgan fingerprint density at radius 2 is 2.11 bits per heavy atom. The Morgan fingerprint density at radius 3 is 2.84 bits per heavy atom. The minimum atomic E-state index is -0.250. The maximum atomic E-state index is 12.3. The van der Waals surface area contributed by atoms with Gasteiger partial charge in [-0.1, -0.05) is 30.3 Å². The molecule has 104 valence electrons. The van der Waals surface area contributed by atoms with Gasteiger partial charge in [-0.2, -0.15) is 11.8 Å². The molecule has 1 aliphatic heterocycles. The van der Waals surface area contributed by atoms with Gasteiger partial charge < -0.3 is 4.74 Å². The Kier molecular flexibility index (Phi) is 5.73. The number of thioether (sulfide) groups is 1. The normalized spacial score (nSPS) is 18.6. The van der Waals surface area contributed by atoms with Gasteiger partial charge in [-0.15, -0.1) is 0 Å². The van der Waals surface area contributed by atoms with E-state index in [1.54, 1.807) is 0 Å². The molecule has 1 fully saturated rings. The standard InChI is InChI=1S/C15H21NO2S/c1-2-18-15(17)14(13-7-4-3-5-8-13)16-9-6-11-19-12-10-16/h3-5,7-8,14H,2,6,9-12H2,1H3. The van der Waals surface area contributed by atoms with Crippen LogP contribution in [0, 0.1) is 0 Å². The molecular formula is C15H21NO2S. The highest BCUT2D eigenvalue weighted by atomic mass is 32.2. The molecule has 0 aliphatic carbocycles. The van der Waals surface area contributed by atoms with Crippen molar-refractivity contribution in [3.63, 3.8) is 0 Å². The van der Waals surface area contributed by atoms with Crippen molar-refractivity contribution in [1.29, 1.82) is 0 Å². The third-order valence-corrected chi connectivity index (χ3v) is 4.30. The molecule has 1 aromatic carbocycles. The lowest BCUT2D eigenvalue weighted by atomic mass is 10.1. The topological polar surface area (TPSA) is 29.5 Å². The van der Waals surface area contributed by atoms with Gasteiger partial charge in [0.15, 0.2) is 0 Å². The SMILES string of the molecule is CCOC(=O)C(c1ccccc1)N1CCCSCC1. The summed E-state index contributed by atoms with van der Waals surface area (Å²) >= 11 is 1.96. The first-order valence-electron chi connectivity index (χ1n) is 6.86. The monoisotopic (exact) mass is 279 g/mol. The summed E-state index contributed by atoms with van der Waals surface area (Å²) in [5.74, 6) is 2.14. The van der Waals surface area contributed by atoms with Crippen molar-refractivity contribution in [2.24, 2.45) is 0 Å². The quantitative estimate of drug-likeness (QED) is 0.793. The van der Waals surface area contributed by atoms with E-state index in [-0.39, 0.29) is 12.0 Å². The zero-order chi connectivity index (χ0) is 13.5. The van der Waals surface area contributed by atoms with E-state index in [0.29, 0.717) is 6.61 Å². The summed E-state index contributed by atoms with van der Waals surface area (Å²) < 4.78 is 5.27. The summed E-state index contributed by atoms with van der Waals surface area (Å²) in [5, 5.41) is 0. The van der Waals surface area contributed by atoms with Crippen LogP contribution in [0.1, 0.15) is 24.9 Å². The highest BCUT2D eigenvalue weighted by Crippen LogP contribution is 2.25. The molecule has 1 atom stereocenters. The van der Waals surface area contributed by atoms with E-state index >= 15 is 0 Å². The number of carbonyl (C=O) groups excluding carboxylic acids is 1. The second-order valence-corrected chi connectivity index (χ2v) is 5.79. The minimum Gasteiger partial charge on any atom is -0.465 e. The lowest BCUT2D eigenvalue weighted by molar-refractivity contribution is -0.149. The summed E-state index contributed by atoms with van der Waals surface area (Å²) in [6, 6.07) is 9.71. The molecule has 19 heavy (non-hydrogen) atoms. The highest BCUT2D eigenvalue weighted by molar-refractivity contribution is 7.99. The van der Waals surface area contributed by atoms with Crippen LogP contribution < -0.4 is 0 Å². The van der Waals surface area contributed by atoms with Crippen molar-refractivity contribution >= 4 is 17.7 Å². The summed E-state index contributed by atoms with van der Waals surface area (Å²) in [6.07, 6.45) is 1.13. The van der Waals surface area contributed by atoms with Crippen molar-refractivity contribution in [1.82, 2.24) is 4.90 Å². The van der Waals surface area contributed by atoms with E-state index in [0.717, 1.165) is 30.8 Å². The average molecular weight is 279 g/mol. The molecule has 1 heterocycles. The summed E-state index contributed by atoms with van der Waals surface area (Å²) in [4.78, 5) is 14.5. The molecular weight excluding hydrogens is 258 g/mol. The molecule has 0 spiro atoms. The molecule has 2 rings (SSSR count). The van der Waals surface area contributed by atoms with E-state index in [1.807, 2.05) is 49.0 Å². The predicted octanol–water partition coefficient (Wildman–Crippen LogP) is 2.73. The number of ether oxygens (including phenoxy) is 1. The van der Waals surface area contributed by atoms with Gasteiger partial charge in [0.2, 0.25) is 0 Å². The summed E-state index contributed by atoms with van der Waals surface area (Å²) in [6.45, 7) is 4.21. The van der Waals surface area contributed by atoms with E-state index in [1.165, 1.54) is 5.75 Å². The number of hydrogen-bond donors (Lipinski definition) is 0. The van der Waals surface area contributed by atoms with Crippen molar-refractivity contribution in [2.75, 3.05) is 31.2 Å². The zero-order valence-electron chi connectivity index (χ0n) is 11.4. The Morgan fingerprint density at radius 1 is 1.32 bits per heavy atom. The van der Waals surface area contributed by atoms with Crippen LogP contribution in [0.5, 0.6) is 0 Å². The van der Waals surface area contributed by atoms with Gasteiger partial charge in [0, 0.05) is 18.8 Å². The lowest BCUT2D eigenvalue weighted by Gasteiger charge is -2.28. The average Bonchev–Trinajstić information content (AvgIpc) is 2.70. The maximum absolute atomic E-state index is 12.3. The third-order valence-electron chi connectivity index (χ3n) is 3.25. The van der Waals surface area contributed by atoms with Gasteiger partial charge >= 0.3 is 5.97 Å². The van der Waals surface area contributed by atoms with Gasteiger partial charge in [-0.05, 0) is 24.7 Å². The fourth-order valence-electron chi connectivity index (χ4n) is 2.38. The van der Waals surface area contributed by atoms with E-state index in [2.05, 4.69) is 4.90 Å². The van der Waals surface area contributed by atoms with Crippen molar-refractivity contribution in [3.8, 4) is 0 Å².